The zero-order valence-electron chi connectivity index (χ0n) is 23.2. The number of rotatable bonds is 7. The second kappa shape index (κ2) is 9.82. The van der Waals surface area contributed by atoms with Crippen molar-refractivity contribution in [2.75, 3.05) is 6.54 Å². The summed E-state index contributed by atoms with van der Waals surface area (Å²) in [5.74, 6) is 1.12. The fraction of sp³-hybridized carbons (Fsp3) is 0.424. The van der Waals surface area contributed by atoms with Crippen molar-refractivity contribution in [3.05, 3.63) is 95.3 Å². The number of benzene rings is 3. The van der Waals surface area contributed by atoms with Crippen LogP contribution in [0.25, 0.3) is 11.0 Å². The van der Waals surface area contributed by atoms with Crippen molar-refractivity contribution in [2.24, 2.45) is 5.14 Å². The third-order valence-electron chi connectivity index (χ3n) is 10.1. The largest absolute Gasteiger partial charge is 0.325 e. The summed E-state index contributed by atoms with van der Waals surface area (Å²) in [5, 5.41) is 5.66. The second-order valence-electron chi connectivity index (χ2n) is 12.3. The van der Waals surface area contributed by atoms with E-state index in [9.17, 15) is 8.42 Å². The molecule has 4 aromatic rings. The fourth-order valence-corrected chi connectivity index (χ4v) is 9.15. The lowest BCUT2D eigenvalue weighted by Crippen LogP contribution is -2.45. The van der Waals surface area contributed by atoms with Gasteiger partial charge in [-0.1, -0.05) is 54.6 Å². The molecule has 2 saturated heterocycles. The van der Waals surface area contributed by atoms with Gasteiger partial charge in [-0.3, -0.25) is 4.90 Å². The molecule has 0 radical (unpaired) electrons. The van der Waals surface area contributed by atoms with Crippen LogP contribution in [0.2, 0.25) is 0 Å². The number of fused-ring (bicyclic) bond motifs is 4. The Labute approximate surface area is 237 Å². The van der Waals surface area contributed by atoms with E-state index in [1.807, 2.05) is 12.1 Å². The summed E-state index contributed by atoms with van der Waals surface area (Å²) >= 11 is 0. The zero-order chi connectivity index (χ0) is 27.5. The molecule has 3 heterocycles. The standard InChI is InChI=1S/C33H38N4O2S/c1-23-35-30-11-5-6-12-31(30)37(23)28-20-26-14-15-27(21-28)36(26)19-18-33(17-16-24-8-2-4-10-29(24)33)22-25-9-3-7-13-32(25)40(34,38)39/h2-13,26-28H,14-22H2,1H3,(H2,34,38,39)/t26-,27+,28?,33-/m0/s1. The number of hydrogen-bond donors (Lipinski definition) is 1. The Bertz CT molecular complexity index is 1660. The number of aryl methyl sites for hydroxylation is 2. The first-order chi connectivity index (χ1) is 19.3. The van der Waals surface area contributed by atoms with Crippen LogP contribution in [-0.2, 0) is 28.3 Å². The summed E-state index contributed by atoms with van der Waals surface area (Å²) in [6.45, 7) is 3.19. The summed E-state index contributed by atoms with van der Waals surface area (Å²) in [7, 11) is -3.79. The van der Waals surface area contributed by atoms with Gasteiger partial charge in [-0.15, -0.1) is 0 Å². The van der Waals surface area contributed by atoms with E-state index in [4.69, 9.17) is 10.1 Å². The molecule has 3 aliphatic rings. The number of piperidine rings is 1. The molecule has 2 fully saturated rings. The highest BCUT2D eigenvalue weighted by atomic mass is 32.2. The molecule has 208 valence electrons. The number of aromatic nitrogens is 2. The van der Waals surface area contributed by atoms with E-state index in [0.717, 1.165) is 55.6 Å². The lowest BCUT2D eigenvalue weighted by molar-refractivity contribution is 0.0966. The van der Waals surface area contributed by atoms with Crippen molar-refractivity contribution in [3.8, 4) is 0 Å². The monoisotopic (exact) mass is 554 g/mol. The van der Waals surface area contributed by atoms with E-state index < -0.39 is 10.0 Å². The number of para-hydroxylation sites is 2. The number of hydrogen-bond acceptors (Lipinski definition) is 4. The Morgan fingerprint density at radius 3 is 2.42 bits per heavy atom. The van der Waals surface area contributed by atoms with Gasteiger partial charge in [0.15, 0.2) is 0 Å². The van der Waals surface area contributed by atoms with E-state index in [1.54, 1.807) is 12.1 Å². The Morgan fingerprint density at radius 1 is 0.925 bits per heavy atom. The van der Waals surface area contributed by atoms with Crippen molar-refractivity contribution in [1.29, 1.82) is 0 Å². The van der Waals surface area contributed by atoms with Gasteiger partial charge in [0.05, 0.1) is 15.9 Å². The smallest absolute Gasteiger partial charge is 0.238 e. The maximum Gasteiger partial charge on any atom is 0.238 e. The van der Waals surface area contributed by atoms with Gasteiger partial charge in [0.2, 0.25) is 10.0 Å². The summed E-state index contributed by atoms with van der Waals surface area (Å²) < 4.78 is 27.4. The third kappa shape index (κ3) is 4.39. The minimum atomic E-state index is -3.79. The minimum absolute atomic E-state index is 0.0924. The first kappa shape index (κ1) is 25.9. The van der Waals surface area contributed by atoms with Crippen LogP contribution in [0, 0.1) is 6.92 Å². The maximum atomic E-state index is 12.5. The summed E-state index contributed by atoms with van der Waals surface area (Å²) in [5.41, 5.74) is 5.89. The third-order valence-corrected chi connectivity index (χ3v) is 11.1. The molecule has 6 nitrogen and oxygen atoms in total. The van der Waals surface area contributed by atoms with Crippen LogP contribution in [0.15, 0.2) is 77.7 Å². The average molecular weight is 555 g/mol. The van der Waals surface area contributed by atoms with Gasteiger partial charge in [0.25, 0.3) is 0 Å². The highest BCUT2D eigenvalue weighted by Crippen LogP contribution is 2.47. The summed E-state index contributed by atoms with van der Waals surface area (Å²) in [6.07, 6.45) is 8.63. The molecule has 2 bridgehead atoms. The molecular weight excluding hydrogens is 516 g/mol. The Balaban J connectivity index is 1.16. The van der Waals surface area contributed by atoms with E-state index >= 15 is 0 Å². The number of nitrogens with two attached hydrogens (primary N) is 1. The van der Waals surface area contributed by atoms with Gasteiger partial charge in [0.1, 0.15) is 5.82 Å². The lowest BCUT2D eigenvalue weighted by atomic mass is 9.73. The predicted octanol–water partition coefficient (Wildman–Crippen LogP) is 5.68. The van der Waals surface area contributed by atoms with Gasteiger partial charge >= 0.3 is 0 Å². The first-order valence-corrected chi connectivity index (χ1v) is 16.3. The molecule has 0 saturated carbocycles. The van der Waals surface area contributed by atoms with Crippen molar-refractivity contribution in [3.63, 3.8) is 0 Å². The van der Waals surface area contributed by atoms with Crippen LogP contribution in [-0.4, -0.2) is 41.5 Å². The SMILES string of the molecule is Cc1nc2ccccc2n1C1C[C@H]2CC[C@@H](C1)N2CC[C@]1(Cc2ccccc2S(N)(=O)=O)CCc2ccccc21. The molecular formula is C33H38N4O2S. The number of primary sulfonamides is 1. The molecule has 1 aliphatic carbocycles. The molecule has 1 aromatic heterocycles. The molecule has 40 heavy (non-hydrogen) atoms. The van der Waals surface area contributed by atoms with Gasteiger partial charge < -0.3 is 4.57 Å². The fourth-order valence-electron chi connectivity index (χ4n) is 8.38. The van der Waals surface area contributed by atoms with Crippen molar-refractivity contribution in [2.45, 2.75) is 86.7 Å². The van der Waals surface area contributed by atoms with Gasteiger partial charge in [-0.05, 0) is 99.7 Å². The molecule has 7 heteroatoms. The topological polar surface area (TPSA) is 81.2 Å². The van der Waals surface area contributed by atoms with Crippen LogP contribution < -0.4 is 5.14 Å². The molecule has 0 spiro atoms. The molecule has 7 rings (SSSR count). The van der Waals surface area contributed by atoms with Crippen molar-refractivity contribution in [1.82, 2.24) is 14.5 Å². The van der Waals surface area contributed by atoms with Crippen LogP contribution in [0.5, 0.6) is 0 Å². The highest BCUT2D eigenvalue weighted by Gasteiger charge is 2.45. The van der Waals surface area contributed by atoms with Crippen molar-refractivity contribution >= 4 is 21.1 Å². The molecule has 3 aromatic carbocycles. The molecule has 2 N–H and O–H groups in total. The van der Waals surface area contributed by atoms with Gasteiger partial charge in [-0.25, -0.2) is 18.5 Å². The number of nitrogens with zero attached hydrogens (tertiary/aromatic N) is 3. The van der Waals surface area contributed by atoms with E-state index in [2.05, 4.69) is 64.9 Å². The summed E-state index contributed by atoms with van der Waals surface area (Å²) in [4.78, 5) is 7.92. The van der Waals surface area contributed by atoms with Crippen LogP contribution in [0.1, 0.15) is 67.1 Å². The zero-order valence-corrected chi connectivity index (χ0v) is 24.0. The maximum absolute atomic E-state index is 12.5. The normalized spacial score (nSPS) is 26.4. The van der Waals surface area contributed by atoms with Gasteiger partial charge in [0, 0.05) is 23.5 Å². The van der Waals surface area contributed by atoms with E-state index in [0.29, 0.717) is 24.5 Å². The Hall–Kier alpha value is -3.00. The minimum Gasteiger partial charge on any atom is -0.325 e. The van der Waals surface area contributed by atoms with Crippen LogP contribution in [0.4, 0.5) is 0 Å². The molecule has 4 atom stereocenters. The average Bonchev–Trinajstić information content (AvgIpc) is 3.55. The lowest BCUT2D eigenvalue weighted by Gasteiger charge is -2.42. The quantitative estimate of drug-likeness (QED) is 0.319. The van der Waals surface area contributed by atoms with Crippen LogP contribution in [0.3, 0.4) is 0 Å². The molecule has 0 amide bonds. The van der Waals surface area contributed by atoms with Gasteiger partial charge in [-0.2, -0.15) is 0 Å². The van der Waals surface area contributed by atoms with Crippen molar-refractivity contribution < 1.29 is 8.42 Å². The molecule has 2 aliphatic heterocycles. The Morgan fingerprint density at radius 2 is 1.62 bits per heavy atom. The first-order valence-electron chi connectivity index (χ1n) is 14.7. The predicted molar refractivity (Wildman–Crippen MR) is 159 cm³/mol. The van der Waals surface area contributed by atoms with E-state index in [-0.39, 0.29) is 10.3 Å². The summed E-state index contributed by atoms with van der Waals surface area (Å²) in [6, 6.07) is 26.3. The highest BCUT2D eigenvalue weighted by molar-refractivity contribution is 7.89. The number of sulfonamides is 1. The van der Waals surface area contributed by atoms with E-state index in [1.165, 1.54) is 29.5 Å². The number of imidazole rings is 1. The second-order valence-corrected chi connectivity index (χ2v) is 13.8. The molecule has 1 unspecified atom stereocenters. The Kier molecular flexibility index (Phi) is 6.37. The van der Waals surface area contributed by atoms with Crippen LogP contribution >= 0.6 is 0 Å².